The third kappa shape index (κ3) is 1.32. The van der Waals surface area contributed by atoms with Gasteiger partial charge in [-0.25, -0.2) is 4.39 Å². The molecular weight excluding hydrogens is 181 g/mol. The molecule has 0 unspecified atom stereocenters. The quantitative estimate of drug-likeness (QED) is 0.495. The number of benzene rings is 1. The van der Waals surface area contributed by atoms with Crippen LogP contribution in [-0.2, 0) is 6.42 Å². The highest BCUT2D eigenvalue weighted by molar-refractivity contribution is 5.96. The molecule has 1 aliphatic heterocycles. The molecular formula is C10H12FN3. The van der Waals surface area contributed by atoms with Crippen LogP contribution >= 0.6 is 0 Å². The van der Waals surface area contributed by atoms with Crippen LogP contribution in [0.5, 0.6) is 0 Å². The Morgan fingerprint density at radius 2 is 2.36 bits per heavy atom. The lowest BCUT2D eigenvalue weighted by Gasteiger charge is -2.17. The lowest BCUT2D eigenvalue weighted by atomic mass is 10.2. The van der Waals surface area contributed by atoms with Crippen molar-refractivity contribution in [1.29, 1.82) is 0 Å². The second-order valence-corrected chi connectivity index (χ2v) is 3.26. The molecule has 0 atom stereocenters. The lowest BCUT2D eigenvalue weighted by Crippen LogP contribution is -2.35. The standard InChI is InChI=1S/C10H12FN3/c1-13-10(12)14-5-4-7-2-3-8(11)6-9(7)14/h2-3,6H,4-5H2,1H3,(H2,12,13). The first-order valence-corrected chi connectivity index (χ1v) is 4.50. The number of hydrogen-bond acceptors (Lipinski definition) is 1. The summed E-state index contributed by atoms with van der Waals surface area (Å²) in [5, 5.41) is 0. The van der Waals surface area contributed by atoms with E-state index in [4.69, 9.17) is 5.73 Å². The van der Waals surface area contributed by atoms with E-state index in [0.29, 0.717) is 5.96 Å². The Labute approximate surface area is 82.0 Å². The smallest absolute Gasteiger partial charge is 0.195 e. The molecule has 2 N–H and O–H groups in total. The summed E-state index contributed by atoms with van der Waals surface area (Å²) >= 11 is 0. The molecule has 0 radical (unpaired) electrons. The molecule has 2 rings (SSSR count). The van der Waals surface area contributed by atoms with Gasteiger partial charge in [-0.3, -0.25) is 4.99 Å². The maximum Gasteiger partial charge on any atom is 0.195 e. The Morgan fingerprint density at radius 1 is 1.57 bits per heavy atom. The minimum Gasteiger partial charge on any atom is -0.370 e. The van der Waals surface area contributed by atoms with Crippen molar-refractivity contribution in [2.75, 3.05) is 18.5 Å². The van der Waals surface area contributed by atoms with Crippen molar-refractivity contribution in [3.05, 3.63) is 29.6 Å². The van der Waals surface area contributed by atoms with E-state index in [1.54, 1.807) is 13.1 Å². The number of aliphatic imine (C=N–C) groups is 1. The third-order valence-corrected chi connectivity index (χ3v) is 2.45. The summed E-state index contributed by atoms with van der Waals surface area (Å²) in [6.45, 7) is 0.780. The zero-order chi connectivity index (χ0) is 10.1. The molecule has 0 aromatic heterocycles. The summed E-state index contributed by atoms with van der Waals surface area (Å²) < 4.78 is 13.0. The maximum atomic E-state index is 13.0. The summed E-state index contributed by atoms with van der Waals surface area (Å²) in [4.78, 5) is 5.73. The molecule has 1 aromatic rings. The fourth-order valence-electron chi connectivity index (χ4n) is 1.71. The van der Waals surface area contributed by atoms with Crippen LogP contribution < -0.4 is 10.6 Å². The lowest BCUT2D eigenvalue weighted by molar-refractivity contribution is 0.628. The Bertz CT molecular complexity index is 387. The van der Waals surface area contributed by atoms with Crippen LogP contribution in [0.1, 0.15) is 5.56 Å². The van der Waals surface area contributed by atoms with Gasteiger partial charge in [0.2, 0.25) is 0 Å². The molecule has 0 amide bonds. The van der Waals surface area contributed by atoms with E-state index in [2.05, 4.69) is 4.99 Å². The highest BCUT2D eigenvalue weighted by atomic mass is 19.1. The molecule has 4 heteroatoms. The highest BCUT2D eigenvalue weighted by Gasteiger charge is 2.21. The van der Waals surface area contributed by atoms with Crippen LogP contribution in [-0.4, -0.2) is 19.6 Å². The van der Waals surface area contributed by atoms with Gasteiger partial charge in [-0.15, -0.1) is 0 Å². The first kappa shape index (κ1) is 8.99. The molecule has 1 aromatic carbocycles. The van der Waals surface area contributed by atoms with Crippen LogP contribution in [0, 0.1) is 5.82 Å². The average Bonchev–Trinajstić information content (AvgIpc) is 2.59. The topological polar surface area (TPSA) is 41.6 Å². The number of guanidine groups is 1. The normalized spacial score (nSPS) is 15.9. The molecule has 0 bridgehead atoms. The van der Waals surface area contributed by atoms with E-state index in [9.17, 15) is 4.39 Å². The molecule has 1 aliphatic rings. The first-order chi connectivity index (χ1) is 6.72. The summed E-state index contributed by atoms with van der Waals surface area (Å²) in [7, 11) is 1.63. The first-order valence-electron chi connectivity index (χ1n) is 4.50. The molecule has 1 heterocycles. The van der Waals surface area contributed by atoms with E-state index < -0.39 is 0 Å². The van der Waals surface area contributed by atoms with Crippen LogP contribution in [0.15, 0.2) is 23.2 Å². The van der Waals surface area contributed by atoms with E-state index >= 15 is 0 Å². The number of rotatable bonds is 0. The molecule has 14 heavy (non-hydrogen) atoms. The zero-order valence-corrected chi connectivity index (χ0v) is 8.00. The summed E-state index contributed by atoms with van der Waals surface area (Å²) in [5.74, 6) is 0.203. The number of nitrogens with two attached hydrogens (primary N) is 1. The van der Waals surface area contributed by atoms with Crippen molar-refractivity contribution in [3.8, 4) is 0 Å². The summed E-state index contributed by atoms with van der Waals surface area (Å²) in [5.41, 5.74) is 7.66. The van der Waals surface area contributed by atoms with Gasteiger partial charge in [0.25, 0.3) is 0 Å². The van der Waals surface area contributed by atoms with Crippen molar-refractivity contribution >= 4 is 11.6 Å². The van der Waals surface area contributed by atoms with Gasteiger partial charge in [-0.2, -0.15) is 0 Å². The Morgan fingerprint density at radius 3 is 3.07 bits per heavy atom. The predicted octanol–water partition coefficient (Wildman–Crippen LogP) is 1.13. The van der Waals surface area contributed by atoms with Crippen molar-refractivity contribution in [3.63, 3.8) is 0 Å². The molecule has 0 spiro atoms. The van der Waals surface area contributed by atoms with Crippen LogP contribution in [0.4, 0.5) is 10.1 Å². The SMILES string of the molecule is CN=C(N)N1CCc2ccc(F)cc21. The van der Waals surface area contributed by atoms with Gasteiger partial charge >= 0.3 is 0 Å². The number of halogens is 1. The number of hydrogen-bond donors (Lipinski definition) is 1. The molecule has 0 aliphatic carbocycles. The van der Waals surface area contributed by atoms with Crippen molar-refractivity contribution in [1.82, 2.24) is 0 Å². The van der Waals surface area contributed by atoms with Gasteiger partial charge in [0.05, 0.1) is 0 Å². The van der Waals surface area contributed by atoms with Crippen molar-refractivity contribution < 1.29 is 4.39 Å². The molecule has 0 saturated heterocycles. The van der Waals surface area contributed by atoms with Gasteiger partial charge in [0.15, 0.2) is 5.96 Å². The van der Waals surface area contributed by atoms with Gasteiger partial charge in [0, 0.05) is 19.3 Å². The fraction of sp³-hybridized carbons (Fsp3) is 0.300. The number of fused-ring (bicyclic) bond motifs is 1. The van der Waals surface area contributed by atoms with E-state index in [1.807, 2.05) is 4.90 Å². The molecule has 3 nitrogen and oxygen atoms in total. The van der Waals surface area contributed by atoms with E-state index in [0.717, 1.165) is 24.2 Å². The maximum absolute atomic E-state index is 13.0. The second kappa shape index (κ2) is 3.29. The van der Waals surface area contributed by atoms with Crippen molar-refractivity contribution in [2.45, 2.75) is 6.42 Å². The molecule has 0 saturated carbocycles. The number of nitrogens with zero attached hydrogens (tertiary/aromatic N) is 2. The molecule has 74 valence electrons. The number of anilines is 1. The van der Waals surface area contributed by atoms with Crippen LogP contribution in [0.2, 0.25) is 0 Å². The minimum atomic E-state index is -0.237. The molecule has 0 fully saturated rings. The van der Waals surface area contributed by atoms with Gasteiger partial charge in [-0.05, 0) is 24.1 Å². The Kier molecular flexibility index (Phi) is 2.11. The summed E-state index contributed by atoms with van der Waals surface area (Å²) in [6.07, 6.45) is 0.895. The van der Waals surface area contributed by atoms with Crippen molar-refractivity contribution in [2.24, 2.45) is 10.7 Å². The summed E-state index contributed by atoms with van der Waals surface area (Å²) in [6, 6.07) is 4.77. The van der Waals surface area contributed by atoms with Crippen LogP contribution in [0.25, 0.3) is 0 Å². The van der Waals surface area contributed by atoms with Crippen LogP contribution in [0.3, 0.4) is 0 Å². The van der Waals surface area contributed by atoms with Gasteiger partial charge < -0.3 is 10.6 Å². The monoisotopic (exact) mass is 193 g/mol. The fourth-order valence-corrected chi connectivity index (χ4v) is 1.71. The van der Waals surface area contributed by atoms with E-state index in [-0.39, 0.29) is 5.82 Å². The zero-order valence-electron chi connectivity index (χ0n) is 8.00. The van der Waals surface area contributed by atoms with Gasteiger partial charge in [0.1, 0.15) is 5.82 Å². The Hall–Kier alpha value is -1.58. The largest absolute Gasteiger partial charge is 0.370 e. The third-order valence-electron chi connectivity index (χ3n) is 2.45. The minimum absolute atomic E-state index is 0.237. The van der Waals surface area contributed by atoms with Gasteiger partial charge in [-0.1, -0.05) is 6.07 Å². The highest BCUT2D eigenvalue weighted by Crippen LogP contribution is 2.28. The second-order valence-electron chi connectivity index (χ2n) is 3.26. The predicted molar refractivity (Wildman–Crippen MR) is 55.0 cm³/mol. The Balaban J connectivity index is 2.43. The van der Waals surface area contributed by atoms with E-state index in [1.165, 1.54) is 12.1 Å². The average molecular weight is 193 g/mol.